The van der Waals surface area contributed by atoms with Gasteiger partial charge in [-0.25, -0.2) is 8.42 Å². The highest BCUT2D eigenvalue weighted by Gasteiger charge is 2.12. The summed E-state index contributed by atoms with van der Waals surface area (Å²) in [5.74, 6) is 0. The summed E-state index contributed by atoms with van der Waals surface area (Å²) in [6.45, 7) is 0.806. The van der Waals surface area contributed by atoms with Gasteiger partial charge in [0.25, 0.3) is 0 Å². The summed E-state index contributed by atoms with van der Waals surface area (Å²) in [6.07, 6.45) is 9.51. The number of thiocarbonyl (C=S) groups is 1. The van der Waals surface area contributed by atoms with Gasteiger partial charge < -0.3 is 10.6 Å². The zero-order valence-corrected chi connectivity index (χ0v) is 15.8. The van der Waals surface area contributed by atoms with Crippen LogP contribution in [0, 0.1) is 0 Å². The van der Waals surface area contributed by atoms with E-state index in [1.807, 2.05) is 6.07 Å². The topological polar surface area (TPSA) is 61.4 Å². The number of hydrogen-bond donors (Lipinski definition) is 2. The standard InChI is InChI=1S/C17H25N3O2S2/c1-20(24(2,21)22)16-10-6-9-15(13-16)19-17(23)18-12-11-14-7-4-3-5-8-14/h6-7,9-10,13H,3-5,8,11-12H2,1-2H3,(H2,18,19,23). The molecule has 1 aromatic carbocycles. The third-order valence-corrected chi connectivity index (χ3v) is 5.53. The first-order valence-electron chi connectivity index (χ1n) is 8.13. The van der Waals surface area contributed by atoms with Crippen LogP contribution in [0.25, 0.3) is 0 Å². The molecule has 0 atom stereocenters. The first-order chi connectivity index (χ1) is 11.4. The molecule has 132 valence electrons. The van der Waals surface area contributed by atoms with Crippen molar-refractivity contribution in [3.63, 3.8) is 0 Å². The number of rotatable bonds is 6. The van der Waals surface area contributed by atoms with Crippen LogP contribution in [0.2, 0.25) is 0 Å². The van der Waals surface area contributed by atoms with Gasteiger partial charge in [0.2, 0.25) is 10.0 Å². The maximum absolute atomic E-state index is 11.6. The van der Waals surface area contributed by atoms with Crippen LogP contribution in [0.5, 0.6) is 0 Å². The van der Waals surface area contributed by atoms with Gasteiger partial charge in [-0.2, -0.15) is 0 Å². The number of nitrogens with zero attached hydrogens (tertiary/aromatic N) is 1. The fourth-order valence-corrected chi connectivity index (χ4v) is 3.33. The summed E-state index contributed by atoms with van der Waals surface area (Å²) < 4.78 is 24.5. The SMILES string of the molecule is CN(c1cccc(NC(=S)NCCC2=CCCCC2)c1)S(C)(=O)=O. The molecule has 7 heteroatoms. The van der Waals surface area contributed by atoms with E-state index in [2.05, 4.69) is 16.7 Å². The zero-order chi connectivity index (χ0) is 17.6. The number of hydrogen-bond acceptors (Lipinski definition) is 3. The van der Waals surface area contributed by atoms with Crippen LogP contribution >= 0.6 is 12.2 Å². The van der Waals surface area contributed by atoms with Crippen molar-refractivity contribution in [2.24, 2.45) is 0 Å². The van der Waals surface area contributed by atoms with Gasteiger partial charge in [0.1, 0.15) is 0 Å². The maximum atomic E-state index is 11.6. The van der Waals surface area contributed by atoms with E-state index in [1.165, 1.54) is 48.9 Å². The molecule has 0 aromatic heterocycles. The van der Waals surface area contributed by atoms with E-state index in [0.29, 0.717) is 10.8 Å². The van der Waals surface area contributed by atoms with Crippen molar-refractivity contribution in [3.8, 4) is 0 Å². The monoisotopic (exact) mass is 367 g/mol. The molecule has 0 spiro atoms. The zero-order valence-electron chi connectivity index (χ0n) is 14.2. The van der Waals surface area contributed by atoms with Crippen molar-refractivity contribution < 1.29 is 8.42 Å². The third kappa shape index (κ3) is 5.79. The molecule has 0 bridgehead atoms. The van der Waals surface area contributed by atoms with Gasteiger partial charge in [-0.05, 0) is 62.5 Å². The molecule has 0 saturated heterocycles. The predicted octanol–water partition coefficient (Wildman–Crippen LogP) is 3.26. The second kappa shape index (κ2) is 8.48. The third-order valence-electron chi connectivity index (χ3n) is 4.08. The Kier molecular flexibility index (Phi) is 6.62. The van der Waals surface area contributed by atoms with E-state index in [4.69, 9.17) is 12.2 Å². The van der Waals surface area contributed by atoms with Crippen molar-refractivity contribution in [3.05, 3.63) is 35.9 Å². The largest absolute Gasteiger partial charge is 0.362 e. The predicted molar refractivity (Wildman–Crippen MR) is 105 cm³/mol. The molecular weight excluding hydrogens is 342 g/mol. The van der Waals surface area contributed by atoms with Crippen molar-refractivity contribution in [1.29, 1.82) is 0 Å². The molecule has 0 saturated carbocycles. The van der Waals surface area contributed by atoms with Crippen molar-refractivity contribution in [1.82, 2.24) is 5.32 Å². The lowest BCUT2D eigenvalue weighted by Gasteiger charge is -2.18. The van der Waals surface area contributed by atoms with Gasteiger partial charge in [0.15, 0.2) is 5.11 Å². The van der Waals surface area contributed by atoms with Crippen molar-refractivity contribution in [2.45, 2.75) is 32.1 Å². The van der Waals surface area contributed by atoms with E-state index in [-0.39, 0.29) is 0 Å². The molecular formula is C17H25N3O2S2. The fourth-order valence-electron chi connectivity index (χ4n) is 2.61. The highest BCUT2D eigenvalue weighted by Crippen LogP contribution is 2.21. The maximum Gasteiger partial charge on any atom is 0.231 e. The number of benzene rings is 1. The van der Waals surface area contributed by atoms with Crippen LogP contribution in [0.4, 0.5) is 11.4 Å². The number of anilines is 2. The highest BCUT2D eigenvalue weighted by molar-refractivity contribution is 7.92. The van der Waals surface area contributed by atoms with Crippen LogP contribution in [0.1, 0.15) is 32.1 Å². The van der Waals surface area contributed by atoms with E-state index in [1.54, 1.807) is 18.2 Å². The Balaban J connectivity index is 1.86. The molecule has 0 aliphatic heterocycles. The van der Waals surface area contributed by atoms with Gasteiger partial charge in [-0.15, -0.1) is 0 Å². The van der Waals surface area contributed by atoms with E-state index < -0.39 is 10.0 Å². The minimum absolute atomic E-state index is 0.547. The molecule has 0 amide bonds. The van der Waals surface area contributed by atoms with Crippen molar-refractivity contribution >= 4 is 38.7 Å². The van der Waals surface area contributed by atoms with Crippen LogP contribution in [-0.2, 0) is 10.0 Å². The second-order valence-electron chi connectivity index (χ2n) is 6.02. The Morgan fingerprint density at radius 2 is 2.12 bits per heavy atom. The number of allylic oxidation sites excluding steroid dienone is 1. The molecule has 0 fully saturated rings. The minimum Gasteiger partial charge on any atom is -0.362 e. The van der Waals surface area contributed by atoms with Crippen LogP contribution in [0.15, 0.2) is 35.9 Å². The molecule has 0 radical (unpaired) electrons. The summed E-state index contributed by atoms with van der Waals surface area (Å²) in [7, 11) is -1.75. The lowest BCUT2D eigenvalue weighted by atomic mass is 9.97. The molecule has 2 rings (SSSR count). The normalized spacial score (nSPS) is 14.7. The summed E-state index contributed by atoms with van der Waals surface area (Å²) in [4.78, 5) is 0. The second-order valence-corrected chi connectivity index (χ2v) is 8.44. The fraction of sp³-hybridized carbons (Fsp3) is 0.471. The minimum atomic E-state index is -3.28. The quantitative estimate of drug-likeness (QED) is 0.597. The molecule has 1 aliphatic rings. The smallest absolute Gasteiger partial charge is 0.231 e. The Morgan fingerprint density at radius 3 is 2.79 bits per heavy atom. The average Bonchev–Trinajstić information content (AvgIpc) is 2.54. The summed E-state index contributed by atoms with van der Waals surface area (Å²) in [5, 5.41) is 6.86. The van der Waals surface area contributed by atoms with E-state index in [0.717, 1.165) is 18.7 Å². The lowest BCUT2D eigenvalue weighted by Crippen LogP contribution is -2.30. The Bertz CT molecular complexity index is 714. The molecule has 24 heavy (non-hydrogen) atoms. The highest BCUT2D eigenvalue weighted by atomic mass is 32.2. The average molecular weight is 368 g/mol. The van der Waals surface area contributed by atoms with E-state index in [9.17, 15) is 8.42 Å². The Hall–Kier alpha value is -1.60. The van der Waals surface area contributed by atoms with Gasteiger partial charge >= 0.3 is 0 Å². The number of nitrogens with one attached hydrogen (secondary N) is 2. The first-order valence-corrected chi connectivity index (χ1v) is 10.4. The molecule has 1 aliphatic carbocycles. The Morgan fingerprint density at radius 1 is 1.33 bits per heavy atom. The Labute approximate surface area is 150 Å². The molecule has 1 aromatic rings. The van der Waals surface area contributed by atoms with Gasteiger partial charge in [0, 0.05) is 19.3 Å². The summed E-state index contributed by atoms with van der Waals surface area (Å²) >= 11 is 5.31. The summed E-state index contributed by atoms with van der Waals surface area (Å²) in [6, 6.07) is 7.17. The first kappa shape index (κ1) is 18.7. The van der Waals surface area contributed by atoms with Crippen LogP contribution < -0.4 is 14.9 Å². The van der Waals surface area contributed by atoms with Crippen molar-refractivity contribution in [2.75, 3.05) is 29.5 Å². The summed E-state index contributed by atoms with van der Waals surface area (Å²) in [5.41, 5.74) is 2.86. The molecule has 0 unspecified atom stereocenters. The van der Waals surface area contributed by atoms with Crippen LogP contribution in [0.3, 0.4) is 0 Å². The molecule has 2 N–H and O–H groups in total. The molecule has 5 nitrogen and oxygen atoms in total. The van der Waals surface area contributed by atoms with Gasteiger partial charge in [0.05, 0.1) is 11.9 Å². The van der Waals surface area contributed by atoms with E-state index >= 15 is 0 Å². The van der Waals surface area contributed by atoms with Crippen LogP contribution in [-0.4, -0.2) is 33.4 Å². The van der Waals surface area contributed by atoms with Gasteiger partial charge in [-0.1, -0.05) is 17.7 Å². The number of sulfonamides is 1. The molecule has 0 heterocycles. The lowest BCUT2D eigenvalue weighted by molar-refractivity contribution is 0.600. The van der Waals surface area contributed by atoms with Gasteiger partial charge in [-0.3, -0.25) is 4.31 Å².